The lowest BCUT2D eigenvalue weighted by molar-refractivity contribution is 1.11. The van der Waals surface area contributed by atoms with Crippen LogP contribution in [0.15, 0.2) is 27.1 Å². The van der Waals surface area contributed by atoms with Gasteiger partial charge < -0.3 is 0 Å². The molecule has 0 aliphatic carbocycles. The van der Waals surface area contributed by atoms with Crippen molar-refractivity contribution in [3.8, 4) is 0 Å². The summed E-state index contributed by atoms with van der Waals surface area (Å²) in [6.45, 7) is 4.44. The van der Waals surface area contributed by atoms with Gasteiger partial charge in [-0.25, -0.2) is 0 Å². The van der Waals surface area contributed by atoms with E-state index in [0.29, 0.717) is 5.25 Å². The molecule has 0 fully saturated rings. The molecule has 1 aromatic rings. The fourth-order valence-electron chi connectivity index (χ4n) is 0.895. The first-order chi connectivity index (χ1) is 6.09. The monoisotopic (exact) mass is 322 g/mol. The third kappa shape index (κ3) is 4.05. The second kappa shape index (κ2) is 5.42. The molecule has 1 rings (SSSR count). The average molecular weight is 324 g/mol. The topological polar surface area (TPSA) is 0 Å². The van der Waals surface area contributed by atoms with E-state index in [9.17, 15) is 0 Å². The molecule has 0 aliphatic heterocycles. The molecular formula is C10H12Br2S. The number of thioether (sulfide) groups is 1. The van der Waals surface area contributed by atoms with Crippen LogP contribution in [0, 0.1) is 0 Å². The van der Waals surface area contributed by atoms with E-state index < -0.39 is 0 Å². The molecule has 0 saturated carbocycles. The van der Waals surface area contributed by atoms with Gasteiger partial charge in [0.05, 0.1) is 0 Å². The summed E-state index contributed by atoms with van der Waals surface area (Å²) in [5.74, 6) is 1.07. The summed E-state index contributed by atoms with van der Waals surface area (Å²) in [5, 5.41) is 0.690. The molecule has 0 heterocycles. The van der Waals surface area contributed by atoms with Crippen LogP contribution in [-0.4, -0.2) is 5.25 Å². The zero-order valence-electron chi connectivity index (χ0n) is 7.68. The van der Waals surface area contributed by atoms with E-state index in [2.05, 4.69) is 63.9 Å². The molecule has 1 aromatic carbocycles. The Kier molecular flexibility index (Phi) is 4.84. The number of benzene rings is 1. The van der Waals surface area contributed by atoms with Gasteiger partial charge in [-0.2, -0.15) is 11.8 Å². The second-order valence-electron chi connectivity index (χ2n) is 3.10. The Hall–Kier alpha value is 0.530. The van der Waals surface area contributed by atoms with Crippen LogP contribution in [-0.2, 0) is 5.75 Å². The zero-order valence-corrected chi connectivity index (χ0v) is 11.7. The molecule has 0 radical (unpaired) electrons. The summed E-state index contributed by atoms with van der Waals surface area (Å²) in [6.07, 6.45) is 0. The third-order valence-corrected chi connectivity index (χ3v) is 3.96. The Morgan fingerprint density at radius 1 is 1.31 bits per heavy atom. The maximum absolute atomic E-state index is 3.55. The summed E-state index contributed by atoms with van der Waals surface area (Å²) in [4.78, 5) is 0. The van der Waals surface area contributed by atoms with Crippen molar-refractivity contribution in [3.63, 3.8) is 0 Å². The van der Waals surface area contributed by atoms with Gasteiger partial charge in [-0.05, 0) is 22.9 Å². The molecule has 0 nitrogen and oxygen atoms in total. The highest BCUT2D eigenvalue weighted by molar-refractivity contribution is 9.11. The lowest BCUT2D eigenvalue weighted by Crippen LogP contribution is -1.89. The largest absolute Gasteiger partial charge is 0.154 e. The van der Waals surface area contributed by atoms with Crippen LogP contribution in [0.2, 0.25) is 0 Å². The smallest absolute Gasteiger partial charge is 0.0226 e. The molecule has 0 N–H and O–H groups in total. The Bertz CT molecular complexity index is 284. The Morgan fingerprint density at radius 2 is 2.00 bits per heavy atom. The Labute approximate surface area is 101 Å². The molecule has 0 aromatic heterocycles. The van der Waals surface area contributed by atoms with Gasteiger partial charge >= 0.3 is 0 Å². The third-order valence-electron chi connectivity index (χ3n) is 1.59. The quantitative estimate of drug-likeness (QED) is 0.766. The van der Waals surface area contributed by atoms with Crippen molar-refractivity contribution in [2.24, 2.45) is 0 Å². The van der Waals surface area contributed by atoms with Crippen molar-refractivity contribution in [1.82, 2.24) is 0 Å². The highest BCUT2D eigenvalue weighted by atomic mass is 79.9. The van der Waals surface area contributed by atoms with Gasteiger partial charge in [0, 0.05) is 14.7 Å². The van der Waals surface area contributed by atoms with Gasteiger partial charge in [0.2, 0.25) is 0 Å². The molecule has 0 atom stereocenters. The standard InChI is InChI=1S/C10H12Br2S/c1-7(2)13-6-8-3-4-9(11)5-10(8)12/h3-5,7H,6H2,1-2H3. The van der Waals surface area contributed by atoms with Crippen molar-refractivity contribution < 1.29 is 0 Å². The highest BCUT2D eigenvalue weighted by Crippen LogP contribution is 2.26. The van der Waals surface area contributed by atoms with Crippen LogP contribution in [0.25, 0.3) is 0 Å². The molecule has 0 unspecified atom stereocenters. The SMILES string of the molecule is CC(C)SCc1ccc(Br)cc1Br. The molecular weight excluding hydrogens is 312 g/mol. The van der Waals surface area contributed by atoms with Crippen molar-refractivity contribution in [2.75, 3.05) is 0 Å². The summed E-state index contributed by atoms with van der Waals surface area (Å²) in [7, 11) is 0. The average Bonchev–Trinajstić information content (AvgIpc) is 2.02. The normalized spacial score (nSPS) is 10.8. The van der Waals surface area contributed by atoms with Gasteiger partial charge in [-0.15, -0.1) is 0 Å². The van der Waals surface area contributed by atoms with Crippen LogP contribution in [0.5, 0.6) is 0 Å². The minimum atomic E-state index is 0.690. The van der Waals surface area contributed by atoms with Crippen molar-refractivity contribution in [2.45, 2.75) is 24.9 Å². The number of hydrogen-bond acceptors (Lipinski definition) is 1. The summed E-state index contributed by atoms with van der Waals surface area (Å²) >= 11 is 8.95. The van der Waals surface area contributed by atoms with Crippen LogP contribution < -0.4 is 0 Å². The number of rotatable bonds is 3. The molecule has 0 aliphatic rings. The molecule has 0 amide bonds. The van der Waals surface area contributed by atoms with E-state index in [0.717, 1.165) is 10.2 Å². The molecule has 0 spiro atoms. The summed E-state index contributed by atoms with van der Waals surface area (Å²) in [5.41, 5.74) is 1.36. The molecule has 0 bridgehead atoms. The predicted octanol–water partition coefficient (Wildman–Crippen LogP) is 4.85. The molecule has 13 heavy (non-hydrogen) atoms. The van der Waals surface area contributed by atoms with Gasteiger partial charge in [-0.3, -0.25) is 0 Å². The minimum Gasteiger partial charge on any atom is -0.154 e. The van der Waals surface area contributed by atoms with Crippen LogP contribution in [0.4, 0.5) is 0 Å². The van der Waals surface area contributed by atoms with Crippen molar-refractivity contribution in [3.05, 3.63) is 32.7 Å². The van der Waals surface area contributed by atoms with E-state index >= 15 is 0 Å². The van der Waals surface area contributed by atoms with Gasteiger partial charge in [0.25, 0.3) is 0 Å². The van der Waals surface area contributed by atoms with E-state index in [1.54, 1.807) is 0 Å². The van der Waals surface area contributed by atoms with Crippen LogP contribution >= 0.6 is 43.6 Å². The first-order valence-corrected chi connectivity index (χ1v) is 6.78. The van der Waals surface area contributed by atoms with Crippen LogP contribution in [0.3, 0.4) is 0 Å². The number of hydrogen-bond donors (Lipinski definition) is 0. The van der Waals surface area contributed by atoms with E-state index in [4.69, 9.17) is 0 Å². The predicted molar refractivity (Wildman–Crippen MR) is 68.3 cm³/mol. The van der Waals surface area contributed by atoms with Crippen molar-refractivity contribution >= 4 is 43.6 Å². The van der Waals surface area contributed by atoms with Gasteiger partial charge in [0.1, 0.15) is 0 Å². The van der Waals surface area contributed by atoms with Crippen molar-refractivity contribution in [1.29, 1.82) is 0 Å². The lowest BCUT2D eigenvalue weighted by atomic mass is 10.2. The first kappa shape index (κ1) is 11.6. The molecule has 0 saturated heterocycles. The number of halogens is 2. The molecule has 3 heteroatoms. The van der Waals surface area contributed by atoms with E-state index in [1.165, 1.54) is 10.0 Å². The summed E-state index contributed by atoms with van der Waals surface area (Å²) < 4.78 is 2.31. The van der Waals surface area contributed by atoms with E-state index in [-0.39, 0.29) is 0 Å². The zero-order chi connectivity index (χ0) is 9.84. The minimum absolute atomic E-state index is 0.690. The lowest BCUT2D eigenvalue weighted by Gasteiger charge is -2.06. The first-order valence-electron chi connectivity index (χ1n) is 4.15. The maximum Gasteiger partial charge on any atom is 0.0226 e. The van der Waals surface area contributed by atoms with Crippen LogP contribution in [0.1, 0.15) is 19.4 Å². The molecule has 72 valence electrons. The Morgan fingerprint density at radius 3 is 2.54 bits per heavy atom. The Balaban J connectivity index is 2.67. The fraction of sp³-hybridized carbons (Fsp3) is 0.400. The fourth-order valence-corrected chi connectivity index (χ4v) is 3.03. The summed E-state index contributed by atoms with van der Waals surface area (Å²) in [6, 6.07) is 6.33. The van der Waals surface area contributed by atoms with E-state index in [1.807, 2.05) is 11.8 Å². The van der Waals surface area contributed by atoms with Gasteiger partial charge in [0.15, 0.2) is 0 Å². The second-order valence-corrected chi connectivity index (χ2v) is 6.43. The van der Waals surface area contributed by atoms with Gasteiger partial charge in [-0.1, -0.05) is 51.8 Å². The highest BCUT2D eigenvalue weighted by Gasteiger charge is 2.01. The maximum atomic E-state index is 3.55.